The van der Waals surface area contributed by atoms with Gasteiger partial charge in [0.05, 0.1) is 18.0 Å². The first-order valence-electron chi connectivity index (χ1n) is 9.61. The van der Waals surface area contributed by atoms with Crippen LogP contribution in [0.25, 0.3) is 0 Å². The second kappa shape index (κ2) is 9.24. The van der Waals surface area contributed by atoms with E-state index < -0.39 is 16.1 Å². The van der Waals surface area contributed by atoms with Crippen LogP contribution >= 0.6 is 0 Å². The summed E-state index contributed by atoms with van der Waals surface area (Å²) in [7, 11) is -3.62. The molecule has 0 spiro atoms. The van der Waals surface area contributed by atoms with E-state index in [2.05, 4.69) is 18.3 Å². The summed E-state index contributed by atoms with van der Waals surface area (Å²) in [5, 5.41) is 3.06. The van der Waals surface area contributed by atoms with Crippen LogP contribution in [0.4, 0.5) is 5.69 Å². The zero-order chi connectivity index (χ0) is 20.9. The number of hydrogen-bond acceptors (Lipinski definition) is 3. The lowest BCUT2D eigenvalue weighted by molar-refractivity contribution is -0.123. The number of hydrogen-bond donors (Lipinski definition) is 1. The zero-order valence-corrected chi connectivity index (χ0v) is 18.1. The maximum atomic E-state index is 13.1. The van der Waals surface area contributed by atoms with E-state index in [0.29, 0.717) is 12.1 Å². The van der Waals surface area contributed by atoms with E-state index in [4.69, 9.17) is 0 Å². The van der Waals surface area contributed by atoms with Crippen molar-refractivity contribution in [3.8, 4) is 0 Å². The minimum absolute atomic E-state index is 0.168. The molecule has 0 saturated carbocycles. The molecule has 2 rings (SSSR count). The van der Waals surface area contributed by atoms with Crippen LogP contribution in [0.5, 0.6) is 0 Å². The van der Waals surface area contributed by atoms with Crippen LogP contribution in [0.15, 0.2) is 48.5 Å². The van der Waals surface area contributed by atoms with Crippen molar-refractivity contribution in [2.24, 2.45) is 0 Å². The Morgan fingerprint density at radius 3 is 2.14 bits per heavy atom. The van der Waals surface area contributed by atoms with Crippen LogP contribution in [0.1, 0.15) is 49.4 Å². The van der Waals surface area contributed by atoms with Crippen LogP contribution < -0.4 is 9.62 Å². The predicted octanol–water partition coefficient (Wildman–Crippen LogP) is 4.12. The summed E-state index contributed by atoms with van der Waals surface area (Å²) in [4.78, 5) is 13.1. The van der Waals surface area contributed by atoms with E-state index in [1.807, 2.05) is 39.0 Å². The average Bonchev–Trinajstić information content (AvgIpc) is 2.65. The monoisotopic (exact) mass is 402 g/mol. The number of para-hydroxylation sites is 1. The standard InChI is InChI=1S/C22H30N2O3S/c1-6-20(18-14-13-16(3)17(4)15-18)23-22(25)21(7-2)24(28(5,26)27)19-11-9-8-10-12-19/h8-15,20-21H,6-7H2,1-5H3,(H,23,25)/t20-,21+/m0/s1. The van der Waals surface area contributed by atoms with Crippen molar-refractivity contribution in [2.75, 3.05) is 10.6 Å². The fourth-order valence-electron chi connectivity index (χ4n) is 3.31. The molecule has 0 fully saturated rings. The third-order valence-electron chi connectivity index (χ3n) is 5.00. The lowest BCUT2D eigenvalue weighted by Crippen LogP contribution is -2.50. The summed E-state index contributed by atoms with van der Waals surface area (Å²) in [5.41, 5.74) is 3.88. The Kier molecular flexibility index (Phi) is 7.24. The number of carbonyl (C=O) groups is 1. The Morgan fingerprint density at radius 1 is 1.00 bits per heavy atom. The molecule has 1 N–H and O–H groups in total. The lowest BCUT2D eigenvalue weighted by Gasteiger charge is -2.31. The number of benzene rings is 2. The highest BCUT2D eigenvalue weighted by atomic mass is 32.2. The first-order chi connectivity index (χ1) is 13.2. The van der Waals surface area contributed by atoms with Crippen molar-refractivity contribution in [1.29, 1.82) is 0 Å². The topological polar surface area (TPSA) is 66.5 Å². The van der Waals surface area contributed by atoms with Gasteiger partial charge in [-0.25, -0.2) is 8.42 Å². The van der Waals surface area contributed by atoms with Gasteiger partial charge in [-0.15, -0.1) is 0 Å². The third-order valence-corrected chi connectivity index (χ3v) is 6.18. The molecule has 5 nitrogen and oxygen atoms in total. The van der Waals surface area contributed by atoms with Gasteiger partial charge in [0, 0.05) is 0 Å². The molecule has 152 valence electrons. The minimum atomic E-state index is -3.62. The fourth-order valence-corrected chi connectivity index (χ4v) is 4.52. The van der Waals surface area contributed by atoms with Crippen molar-refractivity contribution < 1.29 is 13.2 Å². The number of nitrogens with zero attached hydrogens (tertiary/aromatic N) is 1. The van der Waals surface area contributed by atoms with Gasteiger partial charge in [0.2, 0.25) is 15.9 Å². The Labute approximate surface area is 168 Å². The molecule has 0 bridgehead atoms. The molecule has 0 aliphatic carbocycles. The van der Waals surface area contributed by atoms with Crippen LogP contribution in [0.2, 0.25) is 0 Å². The Bertz CT molecular complexity index is 911. The second-order valence-corrected chi connectivity index (χ2v) is 8.99. The molecule has 0 heterocycles. The van der Waals surface area contributed by atoms with Crippen molar-refractivity contribution >= 4 is 21.6 Å². The molecule has 0 aliphatic rings. The number of sulfonamides is 1. The second-order valence-electron chi connectivity index (χ2n) is 7.13. The van der Waals surface area contributed by atoms with Gasteiger partial charge in [-0.1, -0.05) is 50.2 Å². The largest absolute Gasteiger partial charge is 0.347 e. The van der Waals surface area contributed by atoms with E-state index in [9.17, 15) is 13.2 Å². The quantitative estimate of drug-likeness (QED) is 0.722. The summed E-state index contributed by atoms with van der Waals surface area (Å²) in [6, 6.07) is 13.9. The highest BCUT2D eigenvalue weighted by molar-refractivity contribution is 7.92. The fraction of sp³-hybridized carbons (Fsp3) is 0.409. The van der Waals surface area contributed by atoms with Gasteiger partial charge in [0.1, 0.15) is 6.04 Å². The Balaban J connectivity index is 2.33. The summed E-state index contributed by atoms with van der Waals surface area (Å²) >= 11 is 0. The van der Waals surface area contributed by atoms with Crippen molar-refractivity contribution in [2.45, 2.75) is 52.6 Å². The van der Waals surface area contributed by atoms with Crippen LogP contribution in [-0.4, -0.2) is 26.6 Å². The van der Waals surface area contributed by atoms with Gasteiger partial charge in [-0.3, -0.25) is 9.10 Å². The molecule has 0 unspecified atom stereocenters. The number of rotatable bonds is 8. The van der Waals surface area contributed by atoms with E-state index in [1.54, 1.807) is 24.3 Å². The van der Waals surface area contributed by atoms with Crippen molar-refractivity contribution in [3.63, 3.8) is 0 Å². The number of amides is 1. The molecule has 28 heavy (non-hydrogen) atoms. The first-order valence-corrected chi connectivity index (χ1v) is 11.5. The molecular formula is C22H30N2O3S. The van der Waals surface area contributed by atoms with Crippen molar-refractivity contribution in [3.05, 3.63) is 65.2 Å². The molecule has 0 radical (unpaired) electrons. The Hall–Kier alpha value is -2.34. The molecular weight excluding hydrogens is 372 g/mol. The molecule has 1 amide bonds. The highest BCUT2D eigenvalue weighted by Crippen LogP contribution is 2.24. The highest BCUT2D eigenvalue weighted by Gasteiger charge is 2.32. The van der Waals surface area contributed by atoms with E-state index in [0.717, 1.165) is 18.2 Å². The first kappa shape index (κ1) is 22.0. The van der Waals surface area contributed by atoms with Gasteiger partial charge >= 0.3 is 0 Å². The smallest absolute Gasteiger partial charge is 0.244 e. The normalized spacial score (nSPS) is 13.6. The van der Waals surface area contributed by atoms with Crippen LogP contribution in [0.3, 0.4) is 0 Å². The summed E-state index contributed by atoms with van der Waals surface area (Å²) in [6.07, 6.45) is 2.22. The van der Waals surface area contributed by atoms with Gasteiger partial charge in [0.25, 0.3) is 0 Å². The summed E-state index contributed by atoms with van der Waals surface area (Å²) < 4.78 is 26.2. The molecule has 2 aromatic rings. The number of anilines is 1. The van der Waals surface area contributed by atoms with E-state index in [-0.39, 0.29) is 11.9 Å². The minimum Gasteiger partial charge on any atom is -0.347 e. The molecule has 6 heteroatoms. The molecule has 0 aromatic heterocycles. The van der Waals surface area contributed by atoms with E-state index in [1.165, 1.54) is 15.4 Å². The predicted molar refractivity (Wildman–Crippen MR) is 115 cm³/mol. The number of aryl methyl sites for hydroxylation is 2. The third kappa shape index (κ3) is 5.13. The maximum Gasteiger partial charge on any atom is 0.244 e. The number of carbonyl (C=O) groups excluding carboxylic acids is 1. The molecule has 0 aliphatic heterocycles. The van der Waals surface area contributed by atoms with Gasteiger partial charge in [-0.2, -0.15) is 0 Å². The summed E-state index contributed by atoms with van der Waals surface area (Å²) in [5.74, 6) is -0.290. The molecule has 2 aromatic carbocycles. The van der Waals surface area contributed by atoms with E-state index >= 15 is 0 Å². The lowest BCUT2D eigenvalue weighted by atomic mass is 9.99. The maximum absolute atomic E-state index is 13.1. The van der Waals surface area contributed by atoms with Gasteiger partial charge in [-0.05, 0) is 55.5 Å². The van der Waals surface area contributed by atoms with Crippen LogP contribution in [-0.2, 0) is 14.8 Å². The van der Waals surface area contributed by atoms with Gasteiger partial charge in [0.15, 0.2) is 0 Å². The van der Waals surface area contributed by atoms with Crippen molar-refractivity contribution in [1.82, 2.24) is 5.32 Å². The van der Waals surface area contributed by atoms with Gasteiger partial charge < -0.3 is 5.32 Å². The zero-order valence-electron chi connectivity index (χ0n) is 17.3. The Morgan fingerprint density at radius 2 is 1.64 bits per heavy atom. The SMILES string of the molecule is CC[C@H](NC(=O)[C@@H](CC)N(c1ccccc1)S(C)(=O)=O)c1ccc(C)c(C)c1. The average molecular weight is 403 g/mol. The molecule has 2 atom stereocenters. The summed E-state index contributed by atoms with van der Waals surface area (Å²) in [6.45, 7) is 7.92. The number of nitrogens with one attached hydrogen (secondary N) is 1. The molecule has 0 saturated heterocycles. The van der Waals surface area contributed by atoms with Crippen LogP contribution in [0, 0.1) is 13.8 Å².